The fourth-order valence-corrected chi connectivity index (χ4v) is 4.92. The first-order chi connectivity index (χ1) is 16.2. The van der Waals surface area contributed by atoms with Crippen molar-refractivity contribution in [2.24, 2.45) is 0 Å². The molecule has 1 N–H and O–H groups in total. The number of benzene rings is 1. The second-order valence-electron chi connectivity index (χ2n) is 8.72. The topological polar surface area (TPSA) is 107 Å². The smallest absolute Gasteiger partial charge is 0.293 e. The number of nitrogens with one attached hydrogen (secondary N) is 1. The number of rotatable bonds is 7. The summed E-state index contributed by atoms with van der Waals surface area (Å²) >= 11 is 0. The van der Waals surface area contributed by atoms with Crippen LogP contribution in [0.1, 0.15) is 38.5 Å². The van der Waals surface area contributed by atoms with Crippen LogP contribution in [0.25, 0.3) is 16.9 Å². The maximum Gasteiger partial charge on any atom is 0.293 e. The molecule has 0 atom stereocenters. The van der Waals surface area contributed by atoms with E-state index in [1.807, 2.05) is 24.3 Å². The average Bonchev–Trinajstić information content (AvgIpc) is 3.29. The number of likely N-dealkylation sites (tertiary alicyclic amines) is 1. The highest BCUT2D eigenvalue weighted by molar-refractivity contribution is 5.72. The first-order valence-corrected chi connectivity index (χ1v) is 11.6. The van der Waals surface area contributed by atoms with Gasteiger partial charge in [-0.25, -0.2) is 4.98 Å². The van der Waals surface area contributed by atoms with Crippen LogP contribution in [0.5, 0.6) is 5.75 Å². The predicted octanol–water partition coefficient (Wildman–Crippen LogP) is 2.58. The Bertz CT molecular complexity index is 1070. The number of hydrogen-bond acceptors (Lipinski definition) is 9. The molecule has 1 aliphatic heterocycles. The van der Waals surface area contributed by atoms with Crippen molar-refractivity contribution in [2.75, 3.05) is 25.5 Å². The molecular formula is C23H29N7O3. The molecule has 174 valence electrons. The van der Waals surface area contributed by atoms with Crippen molar-refractivity contribution >= 4 is 23.6 Å². The van der Waals surface area contributed by atoms with Crippen molar-refractivity contribution in [2.45, 2.75) is 56.7 Å². The standard InChI is InChI=1S/C23H29N7O3/c1-32-19-8-6-18(7-9-19)30-22-21(27-28-30)14-24-23(26-22)25-16-2-4-17(5-3-16)29-12-10-20(11-13-29)33-15-31/h6-9,14-17,20H,2-5,10-13H2,1H3,(H,24,25,26)/t16-,17+. The zero-order valence-electron chi connectivity index (χ0n) is 18.8. The number of nitrogens with zero attached hydrogens (tertiary/aromatic N) is 6. The molecule has 0 radical (unpaired) electrons. The Kier molecular flexibility index (Phi) is 6.34. The second kappa shape index (κ2) is 9.70. The van der Waals surface area contributed by atoms with Crippen molar-refractivity contribution in [3.05, 3.63) is 30.5 Å². The normalized spacial score (nSPS) is 22.2. The van der Waals surface area contributed by atoms with Gasteiger partial charge in [-0.1, -0.05) is 5.21 Å². The van der Waals surface area contributed by atoms with Crippen LogP contribution >= 0.6 is 0 Å². The molecule has 3 aromatic rings. The number of methoxy groups -OCH3 is 1. The third-order valence-electron chi connectivity index (χ3n) is 6.78. The maximum absolute atomic E-state index is 10.5. The van der Waals surface area contributed by atoms with Crippen LogP contribution in [-0.2, 0) is 9.53 Å². The summed E-state index contributed by atoms with van der Waals surface area (Å²) in [6, 6.07) is 8.58. The molecule has 0 amide bonds. The van der Waals surface area contributed by atoms with E-state index in [4.69, 9.17) is 14.5 Å². The first-order valence-electron chi connectivity index (χ1n) is 11.6. The van der Waals surface area contributed by atoms with Gasteiger partial charge >= 0.3 is 0 Å². The monoisotopic (exact) mass is 451 g/mol. The number of anilines is 1. The third kappa shape index (κ3) is 4.75. The molecule has 0 bridgehead atoms. The summed E-state index contributed by atoms with van der Waals surface area (Å²) in [6.45, 7) is 2.59. The molecule has 33 heavy (non-hydrogen) atoms. The fraction of sp³-hybridized carbons (Fsp3) is 0.522. The van der Waals surface area contributed by atoms with E-state index in [9.17, 15) is 4.79 Å². The minimum Gasteiger partial charge on any atom is -0.497 e. The first kappa shape index (κ1) is 21.6. The molecular weight excluding hydrogens is 422 g/mol. The Balaban J connectivity index is 1.20. The minimum absolute atomic E-state index is 0.0877. The molecule has 2 aliphatic rings. The van der Waals surface area contributed by atoms with Gasteiger partial charge < -0.3 is 19.7 Å². The van der Waals surface area contributed by atoms with Gasteiger partial charge in [0.15, 0.2) is 11.2 Å². The summed E-state index contributed by atoms with van der Waals surface area (Å²) in [5.41, 5.74) is 2.19. The van der Waals surface area contributed by atoms with Crippen LogP contribution < -0.4 is 10.1 Å². The lowest BCUT2D eigenvalue weighted by Crippen LogP contribution is -2.46. The van der Waals surface area contributed by atoms with Crippen LogP contribution in [-0.4, -0.2) is 74.7 Å². The lowest BCUT2D eigenvalue weighted by molar-refractivity contribution is -0.135. The van der Waals surface area contributed by atoms with Gasteiger partial charge in [0.1, 0.15) is 11.9 Å². The Hall–Kier alpha value is -3.27. The van der Waals surface area contributed by atoms with E-state index in [1.54, 1.807) is 18.0 Å². The fourth-order valence-electron chi connectivity index (χ4n) is 4.92. The predicted molar refractivity (Wildman–Crippen MR) is 122 cm³/mol. The number of piperidine rings is 1. The van der Waals surface area contributed by atoms with Crippen LogP contribution in [0, 0.1) is 0 Å². The molecule has 1 saturated heterocycles. The SMILES string of the molecule is COc1ccc(-n2nnc3cnc(N[C@H]4CC[C@@H](N5CCC(OC=O)CC5)CC4)nc32)cc1. The molecule has 1 aromatic carbocycles. The van der Waals surface area contributed by atoms with Gasteiger partial charge in [-0.05, 0) is 62.8 Å². The van der Waals surface area contributed by atoms with Crippen molar-refractivity contribution < 1.29 is 14.3 Å². The number of aromatic nitrogens is 5. The Labute approximate surface area is 192 Å². The zero-order chi connectivity index (χ0) is 22.6. The molecule has 2 aromatic heterocycles. The highest BCUT2D eigenvalue weighted by Gasteiger charge is 2.29. The second-order valence-corrected chi connectivity index (χ2v) is 8.72. The summed E-state index contributed by atoms with van der Waals surface area (Å²) in [7, 11) is 1.64. The maximum atomic E-state index is 10.5. The van der Waals surface area contributed by atoms with Crippen molar-refractivity contribution in [3.8, 4) is 11.4 Å². The van der Waals surface area contributed by atoms with Crippen LogP contribution in [0.3, 0.4) is 0 Å². The largest absolute Gasteiger partial charge is 0.497 e. The Morgan fingerprint density at radius 1 is 1.06 bits per heavy atom. The quantitative estimate of drug-likeness (QED) is 0.542. The summed E-state index contributed by atoms with van der Waals surface area (Å²) in [5.74, 6) is 1.39. The summed E-state index contributed by atoms with van der Waals surface area (Å²) in [5, 5.41) is 12.0. The van der Waals surface area contributed by atoms with Gasteiger partial charge in [-0.3, -0.25) is 4.79 Å². The average molecular weight is 452 g/mol. The molecule has 10 heteroatoms. The Morgan fingerprint density at radius 2 is 1.82 bits per heavy atom. The highest BCUT2D eigenvalue weighted by Crippen LogP contribution is 2.28. The van der Waals surface area contributed by atoms with Crippen LogP contribution in [0.2, 0.25) is 0 Å². The number of carbonyl (C=O) groups excluding carboxylic acids is 1. The molecule has 1 saturated carbocycles. The summed E-state index contributed by atoms with van der Waals surface area (Å²) in [4.78, 5) is 22.3. The molecule has 0 spiro atoms. The van der Waals surface area contributed by atoms with Gasteiger partial charge in [0.25, 0.3) is 6.47 Å². The number of fused-ring (bicyclic) bond motifs is 1. The summed E-state index contributed by atoms with van der Waals surface area (Å²) in [6.07, 6.45) is 8.11. The van der Waals surface area contributed by atoms with E-state index < -0.39 is 0 Å². The lowest BCUT2D eigenvalue weighted by Gasteiger charge is -2.40. The summed E-state index contributed by atoms with van der Waals surface area (Å²) < 4.78 is 12.1. The van der Waals surface area contributed by atoms with E-state index in [1.165, 1.54) is 0 Å². The van der Waals surface area contributed by atoms with E-state index in [-0.39, 0.29) is 6.10 Å². The number of carbonyl (C=O) groups is 1. The molecule has 2 fully saturated rings. The lowest BCUT2D eigenvalue weighted by atomic mass is 9.89. The molecule has 10 nitrogen and oxygen atoms in total. The van der Waals surface area contributed by atoms with Crippen LogP contribution in [0.4, 0.5) is 5.95 Å². The molecule has 0 unspecified atom stereocenters. The molecule has 3 heterocycles. The van der Waals surface area contributed by atoms with Crippen molar-refractivity contribution in [1.29, 1.82) is 0 Å². The zero-order valence-corrected chi connectivity index (χ0v) is 18.8. The number of ether oxygens (including phenoxy) is 2. The number of hydrogen-bond donors (Lipinski definition) is 1. The van der Waals surface area contributed by atoms with Gasteiger partial charge in [0.2, 0.25) is 5.95 Å². The van der Waals surface area contributed by atoms with E-state index in [2.05, 4.69) is 25.5 Å². The van der Waals surface area contributed by atoms with Gasteiger partial charge in [-0.15, -0.1) is 5.10 Å². The van der Waals surface area contributed by atoms with Crippen molar-refractivity contribution in [3.63, 3.8) is 0 Å². The van der Waals surface area contributed by atoms with E-state index in [0.717, 1.165) is 63.1 Å². The van der Waals surface area contributed by atoms with Gasteiger partial charge in [0.05, 0.1) is 19.0 Å². The molecule has 5 rings (SSSR count). The highest BCUT2D eigenvalue weighted by atomic mass is 16.5. The minimum atomic E-state index is 0.0877. The van der Waals surface area contributed by atoms with Crippen LogP contribution in [0.15, 0.2) is 30.5 Å². The van der Waals surface area contributed by atoms with Gasteiger partial charge in [0, 0.05) is 25.2 Å². The van der Waals surface area contributed by atoms with Crippen molar-refractivity contribution in [1.82, 2.24) is 29.9 Å². The Morgan fingerprint density at radius 3 is 2.52 bits per heavy atom. The third-order valence-corrected chi connectivity index (χ3v) is 6.78. The molecule has 1 aliphatic carbocycles. The van der Waals surface area contributed by atoms with E-state index in [0.29, 0.717) is 35.7 Å². The van der Waals surface area contributed by atoms with Gasteiger partial charge in [-0.2, -0.15) is 9.67 Å². The van der Waals surface area contributed by atoms with E-state index >= 15 is 0 Å².